The van der Waals surface area contributed by atoms with E-state index in [4.69, 9.17) is 27.9 Å². The monoisotopic (exact) mass is 418 g/mol. The van der Waals surface area contributed by atoms with Crippen LogP contribution in [-0.2, 0) is 13.2 Å². The van der Waals surface area contributed by atoms with Gasteiger partial charge in [-0.25, -0.2) is 0 Å². The van der Waals surface area contributed by atoms with E-state index in [1.807, 2.05) is 35.6 Å². The SMILES string of the molecule is Oc1cccc([C@H](O)C[NH2+]Cc2ccc(OCc3ccc(Cl)cc3Cl)cc2)c1. The number of ether oxygens (including phenoxy) is 1. The molecule has 4 N–H and O–H groups in total. The highest BCUT2D eigenvalue weighted by atomic mass is 35.5. The van der Waals surface area contributed by atoms with Gasteiger partial charge in [0.05, 0.1) is 0 Å². The second-order valence-electron chi connectivity index (χ2n) is 6.51. The maximum atomic E-state index is 10.2. The molecular formula is C22H22Cl2NO3+. The van der Waals surface area contributed by atoms with Crippen molar-refractivity contribution in [2.45, 2.75) is 19.3 Å². The topological polar surface area (TPSA) is 66.3 Å². The van der Waals surface area contributed by atoms with E-state index in [9.17, 15) is 10.2 Å². The number of hydrogen-bond donors (Lipinski definition) is 3. The van der Waals surface area contributed by atoms with E-state index >= 15 is 0 Å². The van der Waals surface area contributed by atoms with E-state index in [-0.39, 0.29) is 5.75 Å². The van der Waals surface area contributed by atoms with Crippen LogP contribution >= 0.6 is 23.2 Å². The number of quaternary nitrogens is 1. The third kappa shape index (κ3) is 5.88. The van der Waals surface area contributed by atoms with Gasteiger partial charge in [0.15, 0.2) is 0 Å². The van der Waals surface area contributed by atoms with Crippen molar-refractivity contribution in [2.75, 3.05) is 6.54 Å². The predicted molar refractivity (Wildman–Crippen MR) is 111 cm³/mol. The number of aromatic hydroxyl groups is 1. The molecule has 0 aliphatic carbocycles. The maximum absolute atomic E-state index is 10.2. The summed E-state index contributed by atoms with van der Waals surface area (Å²) in [6, 6.07) is 19.9. The number of halogens is 2. The molecule has 3 rings (SSSR count). The van der Waals surface area contributed by atoms with Crippen LogP contribution in [0.25, 0.3) is 0 Å². The van der Waals surface area contributed by atoms with E-state index < -0.39 is 6.10 Å². The first kappa shape index (κ1) is 20.5. The highest BCUT2D eigenvalue weighted by molar-refractivity contribution is 6.35. The first-order chi connectivity index (χ1) is 13.5. The van der Waals surface area contributed by atoms with E-state index in [0.717, 1.165) is 23.4 Å². The van der Waals surface area contributed by atoms with Gasteiger partial charge in [0.1, 0.15) is 37.3 Å². The molecule has 0 saturated heterocycles. The molecule has 0 radical (unpaired) electrons. The molecular weight excluding hydrogens is 397 g/mol. The number of aliphatic hydroxyl groups excluding tert-OH is 1. The van der Waals surface area contributed by atoms with E-state index in [2.05, 4.69) is 0 Å². The average Bonchev–Trinajstić information content (AvgIpc) is 2.68. The molecule has 6 heteroatoms. The lowest BCUT2D eigenvalue weighted by molar-refractivity contribution is -0.677. The van der Waals surface area contributed by atoms with Gasteiger partial charge in [0.2, 0.25) is 0 Å². The van der Waals surface area contributed by atoms with Gasteiger partial charge in [-0.15, -0.1) is 0 Å². The normalized spacial score (nSPS) is 12.0. The number of hydrogen-bond acceptors (Lipinski definition) is 3. The van der Waals surface area contributed by atoms with Gasteiger partial charge >= 0.3 is 0 Å². The van der Waals surface area contributed by atoms with Crippen molar-refractivity contribution in [3.63, 3.8) is 0 Å². The number of rotatable bonds is 8. The first-order valence-electron chi connectivity index (χ1n) is 8.95. The Balaban J connectivity index is 1.46. The fraction of sp³-hybridized carbons (Fsp3) is 0.182. The second kappa shape index (κ2) is 9.80. The highest BCUT2D eigenvalue weighted by Gasteiger charge is 2.10. The molecule has 0 heterocycles. The number of nitrogens with two attached hydrogens (primary N) is 1. The number of phenolic OH excluding ortho intramolecular Hbond substituents is 1. The van der Waals surface area contributed by atoms with Crippen molar-refractivity contribution in [2.24, 2.45) is 0 Å². The highest BCUT2D eigenvalue weighted by Crippen LogP contribution is 2.23. The summed E-state index contributed by atoms with van der Waals surface area (Å²) < 4.78 is 5.78. The Morgan fingerprint density at radius 3 is 2.46 bits per heavy atom. The second-order valence-corrected chi connectivity index (χ2v) is 7.35. The van der Waals surface area contributed by atoms with Crippen LogP contribution in [0.1, 0.15) is 22.8 Å². The minimum Gasteiger partial charge on any atom is -0.508 e. The van der Waals surface area contributed by atoms with Crippen molar-refractivity contribution >= 4 is 23.2 Å². The molecule has 1 atom stereocenters. The molecule has 0 bridgehead atoms. The number of phenols is 1. The average molecular weight is 419 g/mol. The van der Waals surface area contributed by atoms with E-state index in [1.54, 1.807) is 36.4 Å². The van der Waals surface area contributed by atoms with E-state index in [0.29, 0.717) is 28.8 Å². The quantitative estimate of drug-likeness (QED) is 0.516. The molecule has 0 unspecified atom stereocenters. The summed E-state index contributed by atoms with van der Waals surface area (Å²) in [5, 5.41) is 22.9. The fourth-order valence-electron chi connectivity index (χ4n) is 2.80. The molecule has 0 aliphatic rings. The minimum atomic E-state index is -0.626. The molecule has 146 valence electrons. The predicted octanol–water partition coefficient (Wildman–Crippen LogP) is 4.08. The van der Waals surface area contributed by atoms with Crippen LogP contribution in [0.15, 0.2) is 66.7 Å². The Labute approximate surface area is 174 Å². The first-order valence-corrected chi connectivity index (χ1v) is 9.71. The molecule has 0 fully saturated rings. The summed E-state index contributed by atoms with van der Waals surface area (Å²) in [7, 11) is 0. The summed E-state index contributed by atoms with van der Waals surface area (Å²) in [5.74, 6) is 0.918. The molecule has 0 aliphatic heterocycles. The fourth-order valence-corrected chi connectivity index (χ4v) is 3.26. The van der Waals surface area contributed by atoms with Crippen LogP contribution in [0.2, 0.25) is 10.0 Å². The third-order valence-corrected chi connectivity index (χ3v) is 4.94. The summed E-state index contributed by atoms with van der Waals surface area (Å²) >= 11 is 12.1. The van der Waals surface area contributed by atoms with Crippen molar-refractivity contribution in [3.8, 4) is 11.5 Å². The molecule has 0 saturated carbocycles. The van der Waals surface area contributed by atoms with Crippen molar-refractivity contribution in [1.82, 2.24) is 0 Å². The molecule has 3 aromatic rings. The Bertz CT molecular complexity index is 916. The molecule has 0 aromatic heterocycles. The number of aliphatic hydroxyl groups is 1. The van der Waals surface area contributed by atoms with Crippen molar-refractivity contribution < 1.29 is 20.3 Å². The van der Waals surface area contributed by atoms with Crippen LogP contribution in [0, 0.1) is 0 Å². The summed E-state index contributed by atoms with van der Waals surface area (Å²) in [5.41, 5.74) is 2.71. The zero-order chi connectivity index (χ0) is 19.9. The van der Waals surface area contributed by atoms with Gasteiger partial charge < -0.3 is 20.3 Å². The maximum Gasteiger partial charge on any atom is 0.128 e. The Morgan fingerprint density at radius 2 is 1.75 bits per heavy atom. The van der Waals surface area contributed by atoms with Crippen LogP contribution in [0.4, 0.5) is 0 Å². The van der Waals surface area contributed by atoms with Gasteiger partial charge in [0, 0.05) is 21.2 Å². The molecule has 0 amide bonds. The molecule has 28 heavy (non-hydrogen) atoms. The Hall–Kier alpha value is -2.24. The summed E-state index contributed by atoms with van der Waals surface area (Å²) in [6.07, 6.45) is -0.626. The van der Waals surface area contributed by atoms with Crippen LogP contribution < -0.4 is 10.1 Å². The standard InChI is InChI=1S/C22H21Cl2NO3/c23-18-7-6-17(21(24)11-18)14-28-20-8-4-15(5-9-20)12-25-13-22(27)16-2-1-3-19(26)10-16/h1-11,22,25-27H,12-14H2/p+1/t22-/m1/s1. The lowest BCUT2D eigenvalue weighted by Gasteiger charge is -2.11. The van der Waals surface area contributed by atoms with Crippen LogP contribution in [0.5, 0.6) is 11.5 Å². The van der Waals surface area contributed by atoms with Gasteiger partial charge in [0.25, 0.3) is 0 Å². The number of benzene rings is 3. The lowest BCUT2D eigenvalue weighted by atomic mass is 10.1. The van der Waals surface area contributed by atoms with E-state index in [1.165, 1.54) is 0 Å². The van der Waals surface area contributed by atoms with Crippen LogP contribution in [-0.4, -0.2) is 16.8 Å². The molecule has 0 spiro atoms. The Morgan fingerprint density at radius 1 is 0.964 bits per heavy atom. The van der Waals surface area contributed by atoms with Crippen LogP contribution in [0.3, 0.4) is 0 Å². The van der Waals surface area contributed by atoms with Gasteiger partial charge in [-0.1, -0.05) is 41.4 Å². The van der Waals surface area contributed by atoms with Gasteiger partial charge in [-0.05, 0) is 54.1 Å². The summed E-state index contributed by atoms with van der Waals surface area (Å²) in [4.78, 5) is 0. The molecule has 3 aromatic carbocycles. The zero-order valence-electron chi connectivity index (χ0n) is 15.2. The van der Waals surface area contributed by atoms with Gasteiger partial charge in [-0.3, -0.25) is 0 Å². The van der Waals surface area contributed by atoms with Gasteiger partial charge in [-0.2, -0.15) is 0 Å². The molecule has 4 nitrogen and oxygen atoms in total. The zero-order valence-corrected chi connectivity index (χ0v) is 16.7. The lowest BCUT2D eigenvalue weighted by Crippen LogP contribution is -2.83. The largest absolute Gasteiger partial charge is 0.508 e. The van der Waals surface area contributed by atoms with Crippen molar-refractivity contribution in [1.29, 1.82) is 0 Å². The minimum absolute atomic E-state index is 0.159. The summed E-state index contributed by atoms with van der Waals surface area (Å²) in [6.45, 7) is 1.62. The smallest absolute Gasteiger partial charge is 0.128 e. The Kier molecular flexibility index (Phi) is 7.18. The van der Waals surface area contributed by atoms with Crippen molar-refractivity contribution in [3.05, 3.63) is 93.5 Å². The third-order valence-electron chi connectivity index (χ3n) is 4.36.